The molecule has 0 atom stereocenters. The lowest BCUT2D eigenvalue weighted by atomic mass is 10.6. The minimum atomic E-state index is -0.0953. The van der Waals surface area contributed by atoms with Crippen molar-refractivity contribution in [2.24, 2.45) is 0 Å². The summed E-state index contributed by atoms with van der Waals surface area (Å²) < 4.78 is 0. The number of rotatable bonds is 3. The van der Waals surface area contributed by atoms with E-state index >= 15 is 0 Å². The number of carbonyl (C=O) groups is 1. The molecule has 0 spiro atoms. The predicted octanol–water partition coefficient (Wildman–Crippen LogP) is -0.663. The first-order valence-corrected chi connectivity index (χ1v) is 2.30. The van der Waals surface area contributed by atoms with Crippen LogP contribution in [0.4, 0.5) is 0 Å². The Labute approximate surface area is 48.0 Å². The molecule has 4 nitrogen and oxygen atoms in total. The van der Waals surface area contributed by atoms with Crippen LogP contribution in [0.1, 0.15) is 6.92 Å². The molecule has 0 saturated heterocycles. The summed E-state index contributed by atoms with van der Waals surface area (Å²) in [5.74, 6) is 6.10. The van der Waals surface area contributed by atoms with Gasteiger partial charge in [0.05, 0.1) is 6.61 Å². The summed E-state index contributed by atoms with van der Waals surface area (Å²) in [6.45, 7) is 2.09. The van der Waals surface area contributed by atoms with Crippen LogP contribution in [0.25, 0.3) is 0 Å². The average molecular weight is 117 g/mol. The van der Waals surface area contributed by atoms with E-state index in [0.29, 0.717) is 6.54 Å². The lowest BCUT2D eigenvalue weighted by Crippen LogP contribution is -2.24. The highest BCUT2D eigenvalue weighted by Crippen LogP contribution is 1.62. The molecule has 0 aliphatic heterocycles. The van der Waals surface area contributed by atoms with Crippen LogP contribution < -0.4 is 11.2 Å². The quantitative estimate of drug-likeness (QED) is 0.394. The first-order valence-electron chi connectivity index (χ1n) is 2.30. The Bertz CT molecular complexity index is 74.4. The van der Waals surface area contributed by atoms with Crippen LogP contribution in [0, 0.1) is 0 Å². The van der Waals surface area contributed by atoms with Crippen molar-refractivity contribution in [3.63, 3.8) is 0 Å². The molecular weight excluding hydrogens is 108 g/mol. The molecular formula is C4H9N2O2. The number of amides is 1. The van der Waals surface area contributed by atoms with Gasteiger partial charge in [-0.05, 0) is 0 Å². The van der Waals surface area contributed by atoms with Crippen molar-refractivity contribution < 1.29 is 9.63 Å². The van der Waals surface area contributed by atoms with Gasteiger partial charge in [0.2, 0.25) is 5.91 Å². The largest absolute Gasteiger partial charge is 0.354 e. The fourth-order valence-electron chi connectivity index (χ4n) is 0.278. The van der Waals surface area contributed by atoms with Crippen molar-refractivity contribution in [3.05, 3.63) is 0 Å². The second-order valence-electron chi connectivity index (χ2n) is 1.33. The lowest BCUT2D eigenvalue weighted by Gasteiger charge is -1.96. The normalized spacial score (nSPS) is 8.75. The third-order valence-electron chi connectivity index (χ3n) is 0.578. The standard InChI is InChI=1S/C4H9N2O2/c1-4(7)6-2-3-8-5/h5H,2-3H2,1H3,(H,6,7). The maximum Gasteiger partial charge on any atom is 0.216 e. The Morgan fingerprint density at radius 2 is 2.50 bits per heavy atom. The molecule has 0 aromatic rings. The van der Waals surface area contributed by atoms with Crippen LogP contribution >= 0.6 is 0 Å². The van der Waals surface area contributed by atoms with E-state index in [-0.39, 0.29) is 12.5 Å². The van der Waals surface area contributed by atoms with Gasteiger partial charge in [-0.15, -0.1) is 5.90 Å². The average Bonchev–Trinajstić information content (AvgIpc) is 1.66. The van der Waals surface area contributed by atoms with Gasteiger partial charge in [-0.3, -0.25) is 9.63 Å². The van der Waals surface area contributed by atoms with E-state index in [9.17, 15) is 4.79 Å². The lowest BCUT2D eigenvalue weighted by molar-refractivity contribution is -0.119. The van der Waals surface area contributed by atoms with E-state index in [2.05, 4.69) is 10.2 Å². The zero-order chi connectivity index (χ0) is 6.41. The second-order valence-corrected chi connectivity index (χ2v) is 1.33. The molecule has 4 heteroatoms. The van der Waals surface area contributed by atoms with Crippen molar-refractivity contribution in [1.29, 1.82) is 0 Å². The highest BCUT2D eigenvalue weighted by atomic mass is 16.6. The molecule has 2 N–H and O–H groups in total. The predicted molar refractivity (Wildman–Crippen MR) is 27.7 cm³/mol. The zero-order valence-electron chi connectivity index (χ0n) is 4.73. The highest BCUT2D eigenvalue weighted by Gasteiger charge is 1.86. The molecule has 0 rings (SSSR count). The summed E-state index contributed by atoms with van der Waals surface area (Å²) in [4.78, 5) is 14.0. The van der Waals surface area contributed by atoms with E-state index in [0.717, 1.165) is 0 Å². The van der Waals surface area contributed by atoms with Crippen LogP contribution in [0.15, 0.2) is 0 Å². The van der Waals surface area contributed by atoms with Crippen molar-refractivity contribution in [3.8, 4) is 0 Å². The van der Waals surface area contributed by atoms with E-state index in [4.69, 9.17) is 5.90 Å². The molecule has 0 aliphatic carbocycles. The Balaban J connectivity index is 2.82. The summed E-state index contributed by atoms with van der Waals surface area (Å²) in [6, 6.07) is 0. The molecule has 1 radical (unpaired) electrons. The smallest absolute Gasteiger partial charge is 0.216 e. The van der Waals surface area contributed by atoms with Gasteiger partial charge in [0.25, 0.3) is 0 Å². The Morgan fingerprint density at radius 1 is 1.88 bits per heavy atom. The first kappa shape index (κ1) is 7.39. The molecule has 47 valence electrons. The number of carbonyl (C=O) groups excluding carboxylic acids is 1. The van der Waals surface area contributed by atoms with Gasteiger partial charge in [-0.1, -0.05) is 0 Å². The fraction of sp³-hybridized carbons (Fsp3) is 0.750. The van der Waals surface area contributed by atoms with Crippen molar-refractivity contribution >= 4 is 5.91 Å². The molecule has 0 aromatic heterocycles. The van der Waals surface area contributed by atoms with Crippen LogP contribution in [-0.2, 0) is 9.63 Å². The van der Waals surface area contributed by atoms with Gasteiger partial charge in [-0.25, -0.2) is 0 Å². The third kappa shape index (κ3) is 5.39. The molecule has 8 heavy (non-hydrogen) atoms. The molecule has 0 saturated carbocycles. The second kappa shape index (κ2) is 4.55. The maximum absolute atomic E-state index is 10.1. The van der Waals surface area contributed by atoms with Gasteiger partial charge >= 0.3 is 0 Å². The molecule has 1 amide bonds. The van der Waals surface area contributed by atoms with E-state index in [1.165, 1.54) is 6.92 Å². The maximum atomic E-state index is 10.1. The van der Waals surface area contributed by atoms with Crippen molar-refractivity contribution in [1.82, 2.24) is 11.2 Å². The van der Waals surface area contributed by atoms with Gasteiger partial charge < -0.3 is 5.32 Å². The third-order valence-corrected chi connectivity index (χ3v) is 0.578. The van der Waals surface area contributed by atoms with Gasteiger partial charge in [0, 0.05) is 13.5 Å². The van der Waals surface area contributed by atoms with Gasteiger partial charge in [0.1, 0.15) is 0 Å². The zero-order valence-corrected chi connectivity index (χ0v) is 4.73. The van der Waals surface area contributed by atoms with Crippen LogP contribution in [0.2, 0.25) is 0 Å². The number of nitrogens with one attached hydrogen (secondary N) is 2. The minimum absolute atomic E-state index is 0.0953. The molecule has 0 fully saturated rings. The SMILES string of the molecule is CC(=O)NCCO[NH]. The Kier molecular flexibility index (Phi) is 4.20. The minimum Gasteiger partial charge on any atom is -0.354 e. The summed E-state index contributed by atoms with van der Waals surface area (Å²) in [5.41, 5.74) is 0. The Morgan fingerprint density at radius 3 is 2.88 bits per heavy atom. The van der Waals surface area contributed by atoms with Crippen molar-refractivity contribution in [2.45, 2.75) is 6.92 Å². The number of hydrogen-bond donors (Lipinski definition) is 1. The van der Waals surface area contributed by atoms with E-state index in [1.807, 2.05) is 0 Å². The van der Waals surface area contributed by atoms with Crippen molar-refractivity contribution in [2.75, 3.05) is 13.2 Å². The summed E-state index contributed by atoms with van der Waals surface area (Å²) in [5, 5.41) is 2.46. The summed E-state index contributed by atoms with van der Waals surface area (Å²) >= 11 is 0. The molecule has 0 aliphatic rings. The van der Waals surface area contributed by atoms with E-state index in [1.54, 1.807) is 0 Å². The monoisotopic (exact) mass is 117 g/mol. The number of hydrogen-bond acceptors (Lipinski definition) is 2. The van der Waals surface area contributed by atoms with Crippen LogP contribution in [0.3, 0.4) is 0 Å². The molecule has 0 aromatic carbocycles. The first-order chi connectivity index (χ1) is 3.77. The topological polar surface area (TPSA) is 62.1 Å². The summed E-state index contributed by atoms with van der Waals surface area (Å²) in [7, 11) is 0. The van der Waals surface area contributed by atoms with Gasteiger partial charge in [0.15, 0.2) is 0 Å². The van der Waals surface area contributed by atoms with Gasteiger partial charge in [-0.2, -0.15) is 0 Å². The molecule has 0 unspecified atom stereocenters. The fourth-order valence-corrected chi connectivity index (χ4v) is 0.278. The van der Waals surface area contributed by atoms with E-state index < -0.39 is 0 Å². The van der Waals surface area contributed by atoms with Crippen LogP contribution in [-0.4, -0.2) is 19.1 Å². The Hall–Kier alpha value is -0.610. The highest BCUT2D eigenvalue weighted by molar-refractivity contribution is 5.72. The van der Waals surface area contributed by atoms with Crippen LogP contribution in [0.5, 0.6) is 0 Å². The molecule has 0 bridgehead atoms. The summed E-state index contributed by atoms with van der Waals surface area (Å²) in [6.07, 6.45) is 0. The molecule has 0 heterocycles.